The van der Waals surface area contributed by atoms with Crippen LogP contribution in [0.15, 0.2) is 0 Å². The van der Waals surface area contributed by atoms with E-state index < -0.39 is 11.7 Å². The molecule has 0 aromatic carbocycles. The first-order valence-corrected chi connectivity index (χ1v) is 10.2. The van der Waals surface area contributed by atoms with Crippen molar-refractivity contribution >= 4 is 0 Å². The molecule has 5 saturated carbocycles. The van der Waals surface area contributed by atoms with Gasteiger partial charge in [0.25, 0.3) is 0 Å². The SMILES string of the molecule is CO[C@H]1C[C@@]2(O)[C@H]3[C@@H](O)[C@@H]1C[C@H]3[C@]13[C@@H]4NC[C@](C)(CC[C@@H]1O)[C@H]3C[C@@H]42. The topological polar surface area (TPSA) is 82.0 Å². The summed E-state index contributed by atoms with van der Waals surface area (Å²) in [5.41, 5.74) is -0.808. The maximum Gasteiger partial charge on any atom is 0.0771 e. The molecule has 6 aliphatic rings. The van der Waals surface area contributed by atoms with E-state index in [0.29, 0.717) is 12.3 Å². The molecule has 0 aromatic rings. The summed E-state index contributed by atoms with van der Waals surface area (Å²) >= 11 is 0. The number of piperidine rings is 1. The maximum atomic E-state index is 11.9. The molecule has 0 radical (unpaired) electrons. The number of fused-ring (bicyclic) bond motifs is 2. The highest BCUT2D eigenvalue weighted by Gasteiger charge is 2.81. The first kappa shape index (κ1) is 15.8. The van der Waals surface area contributed by atoms with Crippen molar-refractivity contribution in [2.75, 3.05) is 13.7 Å². The van der Waals surface area contributed by atoms with Gasteiger partial charge in [0.15, 0.2) is 0 Å². The first-order valence-electron chi connectivity index (χ1n) is 10.2. The summed E-state index contributed by atoms with van der Waals surface area (Å²) in [7, 11) is 1.71. The molecule has 5 nitrogen and oxygen atoms in total. The zero-order chi connectivity index (χ0) is 17.4. The van der Waals surface area contributed by atoms with E-state index in [1.54, 1.807) is 7.11 Å². The minimum absolute atomic E-state index is 0.0658. The molecule has 1 aliphatic heterocycles. The number of nitrogens with one attached hydrogen (secondary N) is 1. The molecule has 0 amide bonds. The lowest BCUT2D eigenvalue weighted by atomic mass is 9.44. The molecule has 4 N–H and O–H groups in total. The Hall–Kier alpha value is -0.200. The van der Waals surface area contributed by atoms with E-state index in [9.17, 15) is 15.3 Å². The minimum Gasteiger partial charge on any atom is -0.392 e. The monoisotopic (exact) mass is 349 g/mol. The summed E-state index contributed by atoms with van der Waals surface area (Å²) in [6.07, 6.45) is 3.59. The Kier molecular flexibility index (Phi) is 2.81. The molecule has 6 fully saturated rings. The Labute approximate surface area is 149 Å². The van der Waals surface area contributed by atoms with Crippen LogP contribution in [0.4, 0.5) is 0 Å². The van der Waals surface area contributed by atoms with Crippen LogP contribution in [-0.2, 0) is 4.74 Å². The van der Waals surface area contributed by atoms with Gasteiger partial charge in [-0.05, 0) is 42.9 Å². The molecule has 1 heterocycles. The highest BCUT2D eigenvalue weighted by Crippen LogP contribution is 2.77. The Bertz CT molecular complexity index is 629. The number of rotatable bonds is 1. The largest absolute Gasteiger partial charge is 0.392 e. The van der Waals surface area contributed by atoms with E-state index >= 15 is 0 Å². The quantitative estimate of drug-likeness (QED) is 0.555. The van der Waals surface area contributed by atoms with Gasteiger partial charge in [0.05, 0.1) is 23.9 Å². The summed E-state index contributed by atoms with van der Waals surface area (Å²) < 4.78 is 5.73. The molecule has 140 valence electrons. The lowest BCUT2D eigenvalue weighted by molar-refractivity contribution is -0.241. The number of hydrogen-bond acceptors (Lipinski definition) is 5. The van der Waals surface area contributed by atoms with Gasteiger partial charge in [-0.1, -0.05) is 6.92 Å². The van der Waals surface area contributed by atoms with Gasteiger partial charge in [0.1, 0.15) is 0 Å². The van der Waals surface area contributed by atoms with Crippen molar-refractivity contribution in [1.29, 1.82) is 0 Å². The fourth-order valence-corrected chi connectivity index (χ4v) is 9.36. The summed E-state index contributed by atoms with van der Waals surface area (Å²) in [6.45, 7) is 3.39. The second-order valence-electron chi connectivity index (χ2n) is 10.5. The van der Waals surface area contributed by atoms with Gasteiger partial charge in [-0.15, -0.1) is 0 Å². The van der Waals surface area contributed by atoms with Crippen LogP contribution in [0, 0.1) is 40.4 Å². The van der Waals surface area contributed by atoms with E-state index in [4.69, 9.17) is 4.74 Å². The maximum absolute atomic E-state index is 11.9. The van der Waals surface area contributed by atoms with Gasteiger partial charge in [0.2, 0.25) is 0 Å². The molecule has 6 rings (SSSR count). The van der Waals surface area contributed by atoms with E-state index in [1.807, 2.05) is 0 Å². The standard InChI is InChI=1S/C20H31NO4/c1-18-4-3-14(22)20-10-5-9-12(25-2)7-19(24,15(10)16(9)23)11(6-13(18)20)17(20)21-8-18/h9-17,21-24H,3-8H2,1-2H3/t9-,10-,11+,12+,13-,14+,15-,16+,17-,18+,19+,20-/m1/s1. The Morgan fingerprint density at radius 3 is 2.72 bits per heavy atom. The zero-order valence-electron chi connectivity index (χ0n) is 15.2. The molecule has 12 atom stereocenters. The van der Waals surface area contributed by atoms with Gasteiger partial charge in [-0.3, -0.25) is 0 Å². The third-order valence-corrected chi connectivity index (χ3v) is 10.1. The molecule has 1 spiro atoms. The lowest BCUT2D eigenvalue weighted by Gasteiger charge is -2.66. The Morgan fingerprint density at radius 1 is 1.16 bits per heavy atom. The molecule has 0 unspecified atom stereocenters. The van der Waals surface area contributed by atoms with Crippen molar-refractivity contribution in [3.63, 3.8) is 0 Å². The van der Waals surface area contributed by atoms with Crippen LogP contribution in [-0.4, -0.2) is 58.9 Å². The average molecular weight is 349 g/mol. The Balaban J connectivity index is 1.58. The van der Waals surface area contributed by atoms with E-state index in [2.05, 4.69) is 12.2 Å². The lowest BCUT2D eigenvalue weighted by Crippen LogP contribution is -2.75. The van der Waals surface area contributed by atoms with Crippen LogP contribution in [0.2, 0.25) is 0 Å². The summed E-state index contributed by atoms with van der Waals surface area (Å²) in [5, 5.41) is 38.1. The van der Waals surface area contributed by atoms with Crippen molar-refractivity contribution in [3.8, 4) is 0 Å². The molecular formula is C20H31NO4. The van der Waals surface area contributed by atoms with Gasteiger partial charge < -0.3 is 25.4 Å². The molecular weight excluding hydrogens is 318 g/mol. The average Bonchev–Trinajstić information content (AvgIpc) is 2.99. The highest BCUT2D eigenvalue weighted by atomic mass is 16.5. The smallest absolute Gasteiger partial charge is 0.0771 e. The normalized spacial score (nSPS) is 69.7. The molecule has 0 aromatic heterocycles. The van der Waals surface area contributed by atoms with Crippen molar-refractivity contribution in [1.82, 2.24) is 5.32 Å². The first-order chi connectivity index (χ1) is 11.9. The molecule has 25 heavy (non-hydrogen) atoms. The van der Waals surface area contributed by atoms with E-state index in [-0.39, 0.29) is 52.8 Å². The van der Waals surface area contributed by atoms with Crippen LogP contribution in [0.5, 0.6) is 0 Å². The van der Waals surface area contributed by atoms with Crippen molar-refractivity contribution < 1.29 is 20.1 Å². The summed E-state index contributed by atoms with van der Waals surface area (Å²) in [6, 6.07) is 0.189. The van der Waals surface area contributed by atoms with Crippen LogP contribution in [0.25, 0.3) is 0 Å². The third-order valence-electron chi connectivity index (χ3n) is 10.1. The van der Waals surface area contributed by atoms with Crippen LogP contribution >= 0.6 is 0 Å². The predicted molar refractivity (Wildman–Crippen MR) is 90.6 cm³/mol. The predicted octanol–water partition coefficient (Wildman–Crippen LogP) is 0.518. The minimum atomic E-state index is -0.858. The second-order valence-corrected chi connectivity index (χ2v) is 10.5. The van der Waals surface area contributed by atoms with Crippen LogP contribution in [0.3, 0.4) is 0 Å². The molecule has 1 saturated heterocycles. The molecule has 5 heteroatoms. The van der Waals surface area contributed by atoms with E-state index in [1.165, 1.54) is 0 Å². The zero-order valence-corrected chi connectivity index (χ0v) is 15.2. The van der Waals surface area contributed by atoms with Crippen molar-refractivity contribution in [3.05, 3.63) is 0 Å². The van der Waals surface area contributed by atoms with E-state index in [0.717, 1.165) is 32.2 Å². The highest BCUT2D eigenvalue weighted by molar-refractivity contribution is 5.32. The number of hydrogen-bond donors (Lipinski definition) is 4. The number of ether oxygens (including phenoxy) is 1. The number of aliphatic hydroxyl groups excluding tert-OH is 2. The number of methoxy groups -OCH3 is 1. The second kappa shape index (κ2) is 4.44. The fraction of sp³-hybridized carbons (Fsp3) is 1.00. The van der Waals surface area contributed by atoms with Gasteiger partial charge >= 0.3 is 0 Å². The molecule has 7 bridgehead atoms. The van der Waals surface area contributed by atoms with Crippen LogP contribution in [0.1, 0.15) is 39.0 Å². The summed E-state index contributed by atoms with van der Waals surface area (Å²) in [5.74, 6) is 0.808. The van der Waals surface area contributed by atoms with Gasteiger partial charge in [0, 0.05) is 49.3 Å². The van der Waals surface area contributed by atoms with Crippen molar-refractivity contribution in [2.45, 2.75) is 69.0 Å². The summed E-state index contributed by atoms with van der Waals surface area (Å²) in [4.78, 5) is 0. The molecule has 5 aliphatic carbocycles. The fourth-order valence-electron chi connectivity index (χ4n) is 9.36. The van der Waals surface area contributed by atoms with Gasteiger partial charge in [-0.2, -0.15) is 0 Å². The Morgan fingerprint density at radius 2 is 1.96 bits per heavy atom. The van der Waals surface area contributed by atoms with Crippen LogP contribution < -0.4 is 5.32 Å². The number of aliphatic hydroxyl groups is 3. The third kappa shape index (κ3) is 1.43. The van der Waals surface area contributed by atoms with Crippen molar-refractivity contribution in [2.24, 2.45) is 40.4 Å². The van der Waals surface area contributed by atoms with Gasteiger partial charge in [-0.25, -0.2) is 0 Å².